The molecule has 0 amide bonds. The van der Waals surface area contributed by atoms with E-state index in [0.29, 0.717) is 9.78 Å². The van der Waals surface area contributed by atoms with Gasteiger partial charge in [-0.3, -0.25) is 4.79 Å². The molecular formula is C15H17N5O3S. The van der Waals surface area contributed by atoms with Crippen LogP contribution in [0.15, 0.2) is 30.6 Å². The zero-order valence-electron chi connectivity index (χ0n) is 13.8. The van der Waals surface area contributed by atoms with Crippen molar-refractivity contribution in [3.05, 3.63) is 47.8 Å². The van der Waals surface area contributed by atoms with Crippen molar-refractivity contribution < 1.29 is 13.2 Å². The summed E-state index contributed by atoms with van der Waals surface area (Å²) in [4.78, 5) is 16.7. The molecule has 24 heavy (non-hydrogen) atoms. The molecule has 0 radical (unpaired) electrons. The maximum atomic E-state index is 12.8. The second kappa shape index (κ2) is 5.53. The van der Waals surface area contributed by atoms with Crippen molar-refractivity contribution in [2.24, 2.45) is 7.05 Å². The van der Waals surface area contributed by atoms with Crippen LogP contribution in [0.1, 0.15) is 22.0 Å². The van der Waals surface area contributed by atoms with Gasteiger partial charge < -0.3 is 4.57 Å². The van der Waals surface area contributed by atoms with Gasteiger partial charge in [-0.2, -0.15) is 12.7 Å². The largest absolute Gasteiger partial charge is 0.344 e. The summed E-state index contributed by atoms with van der Waals surface area (Å²) in [6.07, 6.45) is 1.03. The van der Waals surface area contributed by atoms with Gasteiger partial charge in [0.2, 0.25) is 11.6 Å². The van der Waals surface area contributed by atoms with Gasteiger partial charge in [-0.15, -0.1) is 9.19 Å². The summed E-state index contributed by atoms with van der Waals surface area (Å²) < 4.78 is 27.6. The molecule has 3 rings (SSSR count). The minimum Gasteiger partial charge on any atom is -0.344 e. The molecule has 0 saturated heterocycles. The number of aromatic nitrogens is 4. The summed E-state index contributed by atoms with van der Waals surface area (Å²) in [5.41, 5.74) is 1.37. The number of rotatable bonds is 4. The van der Waals surface area contributed by atoms with Crippen LogP contribution in [0.3, 0.4) is 0 Å². The highest BCUT2D eigenvalue weighted by Crippen LogP contribution is 2.26. The molecule has 0 saturated carbocycles. The summed E-state index contributed by atoms with van der Waals surface area (Å²) >= 11 is 0. The molecule has 0 bridgehead atoms. The Morgan fingerprint density at radius 3 is 2.42 bits per heavy atom. The van der Waals surface area contributed by atoms with Crippen LogP contribution in [0, 0.1) is 6.92 Å². The number of carbonyl (C=O) groups excluding carboxylic acids is 1. The molecule has 0 aliphatic rings. The van der Waals surface area contributed by atoms with Gasteiger partial charge in [0, 0.05) is 37.6 Å². The van der Waals surface area contributed by atoms with E-state index in [-0.39, 0.29) is 5.82 Å². The van der Waals surface area contributed by atoms with Crippen molar-refractivity contribution >= 4 is 26.8 Å². The number of hydrogen-bond acceptors (Lipinski definition) is 5. The van der Waals surface area contributed by atoms with Gasteiger partial charge >= 0.3 is 10.2 Å². The third kappa shape index (κ3) is 2.33. The zero-order valence-corrected chi connectivity index (χ0v) is 14.6. The average molecular weight is 347 g/mol. The second-order valence-electron chi connectivity index (χ2n) is 5.60. The third-order valence-electron chi connectivity index (χ3n) is 4.00. The minimum absolute atomic E-state index is 0.160. The van der Waals surface area contributed by atoms with Crippen LogP contribution < -0.4 is 0 Å². The number of ketones is 1. The lowest BCUT2D eigenvalue weighted by Gasteiger charge is -2.09. The molecule has 0 fully saturated rings. The number of fused-ring (bicyclic) bond motifs is 1. The first-order chi connectivity index (χ1) is 11.2. The molecule has 8 nitrogen and oxygen atoms in total. The number of carbonyl (C=O) groups is 1. The highest BCUT2D eigenvalue weighted by atomic mass is 32.2. The van der Waals surface area contributed by atoms with Gasteiger partial charge in [0.25, 0.3) is 0 Å². The molecule has 0 atom stereocenters. The monoisotopic (exact) mass is 347 g/mol. The zero-order chi connectivity index (χ0) is 17.6. The maximum absolute atomic E-state index is 12.8. The molecule has 0 spiro atoms. The van der Waals surface area contributed by atoms with Crippen molar-refractivity contribution in [2.75, 3.05) is 14.1 Å². The Labute approximate surface area is 139 Å². The number of nitrogens with zero attached hydrogens (tertiary/aromatic N) is 5. The summed E-state index contributed by atoms with van der Waals surface area (Å²) in [5, 5.41) is 5.60. The van der Waals surface area contributed by atoms with Crippen LogP contribution in [-0.2, 0) is 17.3 Å². The van der Waals surface area contributed by atoms with E-state index >= 15 is 0 Å². The highest BCUT2D eigenvalue weighted by Gasteiger charge is 2.25. The van der Waals surface area contributed by atoms with E-state index < -0.39 is 16.0 Å². The molecule has 0 N–H and O–H groups in total. The molecule has 9 heteroatoms. The van der Waals surface area contributed by atoms with Crippen LogP contribution in [0.5, 0.6) is 0 Å². The van der Waals surface area contributed by atoms with Gasteiger partial charge in [0.15, 0.2) is 0 Å². The Hall–Kier alpha value is -2.52. The van der Waals surface area contributed by atoms with E-state index in [1.807, 2.05) is 31.2 Å². The fraction of sp³-hybridized carbons (Fsp3) is 0.267. The fourth-order valence-corrected chi connectivity index (χ4v) is 3.23. The van der Waals surface area contributed by atoms with Crippen LogP contribution in [0.2, 0.25) is 0 Å². The smallest absolute Gasteiger partial charge is 0.323 e. The van der Waals surface area contributed by atoms with E-state index in [4.69, 9.17) is 0 Å². The van der Waals surface area contributed by atoms with E-state index in [2.05, 4.69) is 10.1 Å². The Balaban J connectivity index is 2.12. The Kier molecular flexibility index (Phi) is 3.77. The van der Waals surface area contributed by atoms with Crippen molar-refractivity contribution in [3.63, 3.8) is 0 Å². The second-order valence-corrected chi connectivity index (χ2v) is 7.60. The Morgan fingerprint density at radius 2 is 1.79 bits per heavy atom. The number of hydrogen-bond donors (Lipinski definition) is 0. The van der Waals surface area contributed by atoms with Crippen LogP contribution in [0.25, 0.3) is 10.8 Å². The number of aryl methyl sites for hydroxylation is 1. The van der Waals surface area contributed by atoms with Gasteiger partial charge in [-0.25, -0.2) is 4.98 Å². The van der Waals surface area contributed by atoms with E-state index in [9.17, 15) is 13.2 Å². The van der Waals surface area contributed by atoms with Crippen molar-refractivity contribution in [3.8, 4) is 0 Å². The lowest BCUT2D eigenvalue weighted by molar-refractivity contribution is 0.102. The third-order valence-corrected chi connectivity index (χ3v) is 5.57. The molecule has 0 aliphatic carbocycles. The van der Waals surface area contributed by atoms with Gasteiger partial charge in [0.05, 0.1) is 0 Å². The van der Waals surface area contributed by atoms with Gasteiger partial charge in [0.1, 0.15) is 12.0 Å². The molecule has 126 valence electrons. The van der Waals surface area contributed by atoms with Crippen LogP contribution in [-0.4, -0.2) is 51.3 Å². The molecule has 1 aromatic carbocycles. The first-order valence-electron chi connectivity index (χ1n) is 7.18. The highest BCUT2D eigenvalue weighted by molar-refractivity contribution is 7.87. The maximum Gasteiger partial charge on any atom is 0.323 e. The van der Waals surface area contributed by atoms with E-state index in [1.54, 1.807) is 11.6 Å². The summed E-state index contributed by atoms with van der Waals surface area (Å²) in [6.45, 7) is 1.92. The lowest BCUT2D eigenvalue weighted by atomic mass is 10.1. The normalized spacial score (nSPS) is 12.2. The number of benzene rings is 1. The average Bonchev–Trinajstić information content (AvgIpc) is 3.13. The Morgan fingerprint density at radius 1 is 1.17 bits per heavy atom. The quantitative estimate of drug-likeness (QED) is 0.656. The van der Waals surface area contributed by atoms with Gasteiger partial charge in [-0.05, 0) is 6.92 Å². The van der Waals surface area contributed by atoms with E-state index in [1.165, 1.54) is 14.1 Å². The summed E-state index contributed by atoms with van der Waals surface area (Å²) in [6, 6.07) is 7.54. The predicted octanol–water partition coefficient (Wildman–Crippen LogP) is 0.964. The SMILES string of the molecule is Cc1c2ccccc2c(C(=O)c2ncn(S(=O)(=O)N(C)C)n2)n1C. The van der Waals surface area contributed by atoms with Crippen LogP contribution in [0.4, 0.5) is 0 Å². The molecule has 2 aromatic heterocycles. The summed E-state index contributed by atoms with van der Waals surface area (Å²) in [7, 11) is 0.749. The van der Waals surface area contributed by atoms with Crippen LogP contribution >= 0.6 is 0 Å². The van der Waals surface area contributed by atoms with Crippen molar-refractivity contribution in [1.29, 1.82) is 0 Å². The standard InChI is InChI=1S/C15H17N5O3S/c1-10-11-7-5-6-8-12(11)13(19(10)4)14(21)15-16-9-20(17-15)24(22,23)18(2)3/h5-9H,1-4H3. The Bertz CT molecular complexity index is 1050. The first kappa shape index (κ1) is 16.3. The first-order valence-corrected chi connectivity index (χ1v) is 8.58. The molecule has 0 aliphatic heterocycles. The van der Waals surface area contributed by atoms with Crippen molar-refractivity contribution in [2.45, 2.75) is 6.92 Å². The lowest BCUT2D eigenvalue weighted by Crippen LogP contribution is -2.29. The fourth-order valence-electron chi connectivity index (χ4n) is 2.55. The van der Waals surface area contributed by atoms with Gasteiger partial charge in [-0.1, -0.05) is 24.3 Å². The molecule has 2 heterocycles. The topological polar surface area (TPSA) is 90.1 Å². The predicted molar refractivity (Wildman–Crippen MR) is 89.1 cm³/mol. The summed E-state index contributed by atoms with van der Waals surface area (Å²) in [5.74, 6) is -0.582. The van der Waals surface area contributed by atoms with Crippen molar-refractivity contribution in [1.82, 2.24) is 23.0 Å². The molecular weight excluding hydrogens is 330 g/mol. The molecule has 3 aromatic rings. The van der Waals surface area contributed by atoms with E-state index in [0.717, 1.165) is 27.1 Å². The minimum atomic E-state index is -3.80. The molecule has 0 unspecified atom stereocenters.